The van der Waals surface area contributed by atoms with Crippen LogP contribution in [0.15, 0.2) is 17.4 Å². The number of aryl methyl sites for hydroxylation is 1. The highest BCUT2D eigenvalue weighted by atomic mass is 32.2. The largest absolute Gasteiger partial charge is 0.313 e. The lowest BCUT2D eigenvalue weighted by Gasteiger charge is -2.20. The molecule has 1 aromatic heterocycles. The molecule has 1 aromatic rings. The van der Waals surface area contributed by atoms with Crippen molar-refractivity contribution in [3.63, 3.8) is 0 Å². The summed E-state index contributed by atoms with van der Waals surface area (Å²) in [6.45, 7) is 9.63. The zero-order chi connectivity index (χ0) is 12.0. The van der Waals surface area contributed by atoms with Crippen molar-refractivity contribution in [1.82, 2.24) is 15.3 Å². The van der Waals surface area contributed by atoms with E-state index in [0.717, 1.165) is 23.1 Å². The van der Waals surface area contributed by atoms with E-state index >= 15 is 0 Å². The maximum atomic E-state index is 4.39. The second-order valence-electron chi connectivity index (χ2n) is 4.20. The molecule has 0 fully saturated rings. The van der Waals surface area contributed by atoms with Crippen LogP contribution in [0.3, 0.4) is 0 Å². The highest BCUT2D eigenvalue weighted by Gasteiger charge is 2.12. The SMILES string of the molecule is CCNC(CSc1nccc(C)n1)C(C)C. The van der Waals surface area contributed by atoms with Crippen molar-refractivity contribution in [2.24, 2.45) is 5.92 Å². The van der Waals surface area contributed by atoms with Gasteiger partial charge in [0.2, 0.25) is 0 Å². The topological polar surface area (TPSA) is 37.8 Å². The molecule has 0 amide bonds. The van der Waals surface area contributed by atoms with Crippen LogP contribution in [0.2, 0.25) is 0 Å². The van der Waals surface area contributed by atoms with Gasteiger partial charge in [0, 0.05) is 23.7 Å². The molecular weight excluding hydrogens is 218 g/mol. The fraction of sp³-hybridized carbons (Fsp3) is 0.667. The van der Waals surface area contributed by atoms with Crippen molar-refractivity contribution in [3.8, 4) is 0 Å². The zero-order valence-electron chi connectivity index (χ0n) is 10.5. The Labute approximate surface area is 102 Å². The molecular formula is C12H21N3S. The van der Waals surface area contributed by atoms with Gasteiger partial charge in [0.1, 0.15) is 0 Å². The lowest BCUT2D eigenvalue weighted by Crippen LogP contribution is -2.35. The maximum Gasteiger partial charge on any atom is 0.187 e. The molecule has 0 aliphatic carbocycles. The molecule has 3 nitrogen and oxygen atoms in total. The molecule has 1 atom stereocenters. The molecule has 0 spiro atoms. The Bertz CT molecular complexity index is 315. The smallest absolute Gasteiger partial charge is 0.187 e. The average Bonchev–Trinajstić information content (AvgIpc) is 2.24. The number of rotatable bonds is 6. The van der Waals surface area contributed by atoms with Crippen LogP contribution in [0.25, 0.3) is 0 Å². The minimum absolute atomic E-state index is 0.527. The van der Waals surface area contributed by atoms with E-state index in [0.29, 0.717) is 12.0 Å². The minimum Gasteiger partial charge on any atom is -0.313 e. The van der Waals surface area contributed by atoms with Crippen LogP contribution in [0.4, 0.5) is 0 Å². The Kier molecular flexibility index (Phi) is 5.77. The van der Waals surface area contributed by atoms with Gasteiger partial charge in [-0.25, -0.2) is 9.97 Å². The summed E-state index contributed by atoms with van der Waals surface area (Å²) in [5.74, 6) is 1.66. The highest BCUT2D eigenvalue weighted by Crippen LogP contribution is 2.16. The number of nitrogens with zero attached hydrogens (tertiary/aromatic N) is 2. The molecule has 1 unspecified atom stereocenters. The first-order valence-electron chi connectivity index (χ1n) is 5.79. The van der Waals surface area contributed by atoms with Gasteiger partial charge in [0.15, 0.2) is 5.16 Å². The highest BCUT2D eigenvalue weighted by molar-refractivity contribution is 7.99. The van der Waals surface area contributed by atoms with Crippen molar-refractivity contribution in [1.29, 1.82) is 0 Å². The van der Waals surface area contributed by atoms with Crippen LogP contribution in [0, 0.1) is 12.8 Å². The van der Waals surface area contributed by atoms with Crippen molar-refractivity contribution in [2.45, 2.75) is 38.9 Å². The molecule has 4 heteroatoms. The summed E-state index contributed by atoms with van der Waals surface area (Å²) >= 11 is 1.73. The van der Waals surface area contributed by atoms with Gasteiger partial charge in [0.25, 0.3) is 0 Å². The Morgan fingerprint density at radius 3 is 2.75 bits per heavy atom. The van der Waals surface area contributed by atoms with E-state index in [1.807, 2.05) is 19.2 Å². The predicted molar refractivity (Wildman–Crippen MR) is 69.8 cm³/mol. The third-order valence-corrected chi connectivity index (χ3v) is 3.42. The van der Waals surface area contributed by atoms with Gasteiger partial charge in [-0.15, -0.1) is 0 Å². The van der Waals surface area contributed by atoms with Gasteiger partial charge in [-0.05, 0) is 25.5 Å². The molecule has 0 saturated heterocycles. The van der Waals surface area contributed by atoms with Gasteiger partial charge < -0.3 is 5.32 Å². The van der Waals surface area contributed by atoms with Crippen LogP contribution >= 0.6 is 11.8 Å². The molecule has 0 radical (unpaired) electrons. The first-order valence-corrected chi connectivity index (χ1v) is 6.78. The van der Waals surface area contributed by atoms with Gasteiger partial charge in [-0.2, -0.15) is 0 Å². The fourth-order valence-electron chi connectivity index (χ4n) is 1.41. The van der Waals surface area contributed by atoms with Crippen LogP contribution < -0.4 is 5.32 Å². The fourth-order valence-corrected chi connectivity index (χ4v) is 2.58. The monoisotopic (exact) mass is 239 g/mol. The molecule has 16 heavy (non-hydrogen) atoms. The Morgan fingerprint density at radius 2 is 2.19 bits per heavy atom. The van der Waals surface area contributed by atoms with Crippen molar-refractivity contribution in [3.05, 3.63) is 18.0 Å². The second kappa shape index (κ2) is 6.86. The van der Waals surface area contributed by atoms with Gasteiger partial charge in [-0.1, -0.05) is 32.5 Å². The molecule has 1 heterocycles. The minimum atomic E-state index is 0.527. The molecule has 90 valence electrons. The average molecular weight is 239 g/mol. The van der Waals surface area contributed by atoms with Crippen molar-refractivity contribution < 1.29 is 0 Å². The number of hydrogen-bond donors (Lipinski definition) is 1. The van der Waals surface area contributed by atoms with E-state index in [-0.39, 0.29) is 0 Å². The summed E-state index contributed by atoms with van der Waals surface area (Å²) in [7, 11) is 0. The number of aromatic nitrogens is 2. The van der Waals surface area contributed by atoms with Gasteiger partial charge in [0.05, 0.1) is 0 Å². The summed E-state index contributed by atoms with van der Waals surface area (Å²) < 4.78 is 0. The number of nitrogens with one attached hydrogen (secondary N) is 1. The van der Waals surface area contributed by atoms with Crippen molar-refractivity contribution in [2.75, 3.05) is 12.3 Å². The molecule has 0 aliphatic rings. The Hall–Kier alpha value is -0.610. The van der Waals surface area contributed by atoms with E-state index < -0.39 is 0 Å². The van der Waals surface area contributed by atoms with E-state index in [2.05, 4.69) is 36.1 Å². The van der Waals surface area contributed by atoms with Crippen LogP contribution in [-0.4, -0.2) is 28.3 Å². The lowest BCUT2D eigenvalue weighted by molar-refractivity contribution is 0.443. The first-order chi connectivity index (χ1) is 7.63. The van der Waals surface area contributed by atoms with Crippen molar-refractivity contribution >= 4 is 11.8 Å². The standard InChI is InChI=1S/C12H21N3S/c1-5-13-11(9(2)3)8-16-12-14-7-6-10(4)15-12/h6-7,9,11,13H,5,8H2,1-4H3. The third-order valence-electron chi connectivity index (χ3n) is 2.44. The normalized spacial score (nSPS) is 13.1. The Morgan fingerprint density at radius 1 is 1.44 bits per heavy atom. The summed E-state index contributed by atoms with van der Waals surface area (Å²) in [5, 5.41) is 4.37. The second-order valence-corrected chi connectivity index (χ2v) is 5.19. The number of thioether (sulfide) groups is 1. The molecule has 1 rings (SSSR count). The molecule has 0 bridgehead atoms. The van der Waals surface area contributed by atoms with Crippen LogP contribution in [0.5, 0.6) is 0 Å². The summed E-state index contributed by atoms with van der Waals surface area (Å²) in [6, 6.07) is 2.45. The van der Waals surface area contributed by atoms with E-state index in [1.54, 1.807) is 11.8 Å². The van der Waals surface area contributed by atoms with E-state index in [4.69, 9.17) is 0 Å². The third kappa shape index (κ3) is 4.49. The summed E-state index contributed by atoms with van der Waals surface area (Å²) in [6.07, 6.45) is 1.82. The van der Waals surface area contributed by atoms with Crippen LogP contribution in [0.1, 0.15) is 26.5 Å². The molecule has 0 aromatic carbocycles. The molecule has 1 N–H and O–H groups in total. The van der Waals surface area contributed by atoms with Crippen LogP contribution in [-0.2, 0) is 0 Å². The number of hydrogen-bond acceptors (Lipinski definition) is 4. The molecule has 0 saturated carbocycles. The first kappa shape index (κ1) is 13.5. The quantitative estimate of drug-likeness (QED) is 0.611. The van der Waals surface area contributed by atoms with E-state index in [9.17, 15) is 0 Å². The zero-order valence-corrected chi connectivity index (χ0v) is 11.3. The lowest BCUT2D eigenvalue weighted by atomic mass is 10.1. The van der Waals surface area contributed by atoms with Gasteiger partial charge in [-0.3, -0.25) is 0 Å². The predicted octanol–water partition coefficient (Wildman–Crippen LogP) is 2.51. The summed E-state index contributed by atoms with van der Waals surface area (Å²) in [4.78, 5) is 8.64. The van der Waals surface area contributed by atoms with Gasteiger partial charge >= 0.3 is 0 Å². The summed E-state index contributed by atoms with van der Waals surface area (Å²) in [5.41, 5.74) is 1.03. The molecule has 0 aliphatic heterocycles. The Balaban J connectivity index is 2.48. The van der Waals surface area contributed by atoms with E-state index in [1.165, 1.54) is 0 Å². The maximum absolute atomic E-state index is 4.39.